The second-order valence-electron chi connectivity index (χ2n) is 4.91. The molecule has 4 nitrogen and oxygen atoms in total. The van der Waals surface area contributed by atoms with Gasteiger partial charge in [-0.1, -0.05) is 19.8 Å². The fraction of sp³-hybridized carbons (Fsp3) is 0.571. The highest BCUT2D eigenvalue weighted by molar-refractivity contribution is 5.98. The van der Waals surface area contributed by atoms with Crippen LogP contribution in [0.15, 0.2) is 18.3 Å². The van der Waals surface area contributed by atoms with Crippen LogP contribution in [-0.2, 0) is 0 Å². The van der Waals surface area contributed by atoms with E-state index in [-0.39, 0.29) is 11.9 Å². The van der Waals surface area contributed by atoms with E-state index in [4.69, 9.17) is 0 Å². The van der Waals surface area contributed by atoms with Crippen molar-refractivity contribution in [2.75, 3.05) is 12.4 Å². The Labute approximate surface area is 108 Å². The zero-order chi connectivity index (χ0) is 13.0. The molecule has 1 atom stereocenters. The summed E-state index contributed by atoms with van der Waals surface area (Å²) in [4.78, 5) is 16.4. The summed E-state index contributed by atoms with van der Waals surface area (Å²) in [6.07, 6.45) is 6.42. The first-order chi connectivity index (χ1) is 8.74. The Bertz CT molecular complexity index is 415. The predicted octanol–water partition coefficient (Wildman–Crippen LogP) is 2.43. The maximum atomic E-state index is 12.2. The van der Waals surface area contributed by atoms with Gasteiger partial charge in [-0.2, -0.15) is 0 Å². The van der Waals surface area contributed by atoms with Crippen molar-refractivity contribution < 1.29 is 4.79 Å². The smallest absolute Gasteiger partial charge is 0.255 e. The first kappa shape index (κ1) is 12.9. The maximum Gasteiger partial charge on any atom is 0.255 e. The normalized spacial score (nSPS) is 16.1. The minimum atomic E-state index is -0.0278. The van der Waals surface area contributed by atoms with Gasteiger partial charge in [-0.25, -0.2) is 4.98 Å². The fourth-order valence-corrected chi connectivity index (χ4v) is 2.13. The van der Waals surface area contributed by atoms with E-state index in [1.165, 1.54) is 12.8 Å². The topological polar surface area (TPSA) is 54.0 Å². The average molecular weight is 247 g/mol. The number of carbonyl (C=O) groups is 1. The Morgan fingerprint density at radius 3 is 2.94 bits per heavy atom. The molecule has 0 aromatic carbocycles. The minimum absolute atomic E-state index is 0.0278. The molecule has 2 N–H and O–H groups in total. The van der Waals surface area contributed by atoms with E-state index < -0.39 is 0 Å². The van der Waals surface area contributed by atoms with Crippen molar-refractivity contribution in [2.24, 2.45) is 5.92 Å². The second-order valence-corrected chi connectivity index (χ2v) is 4.91. The summed E-state index contributed by atoms with van der Waals surface area (Å²) >= 11 is 0. The van der Waals surface area contributed by atoms with Gasteiger partial charge in [-0.3, -0.25) is 4.79 Å². The van der Waals surface area contributed by atoms with Crippen LogP contribution < -0.4 is 10.6 Å². The molecule has 0 aliphatic heterocycles. The van der Waals surface area contributed by atoms with Gasteiger partial charge in [0.1, 0.15) is 5.82 Å². The van der Waals surface area contributed by atoms with Crippen molar-refractivity contribution in [1.82, 2.24) is 10.3 Å². The molecular weight excluding hydrogens is 226 g/mol. The summed E-state index contributed by atoms with van der Waals surface area (Å²) in [5, 5.41) is 6.06. The summed E-state index contributed by atoms with van der Waals surface area (Å²) < 4.78 is 0. The van der Waals surface area contributed by atoms with Crippen molar-refractivity contribution in [3.05, 3.63) is 23.9 Å². The Kier molecular flexibility index (Phi) is 4.18. The van der Waals surface area contributed by atoms with E-state index in [0.29, 0.717) is 11.4 Å². The molecule has 1 unspecified atom stereocenters. The molecule has 1 aliphatic rings. The highest BCUT2D eigenvalue weighted by Gasteiger charge is 2.26. The summed E-state index contributed by atoms with van der Waals surface area (Å²) in [6.45, 7) is 2.12. The number of pyridine rings is 1. The SMILES string of the molecule is CCC(CC1CC1)NC(=O)c1cccnc1NC. The molecule has 0 spiro atoms. The minimum Gasteiger partial charge on any atom is -0.372 e. The molecule has 1 aliphatic carbocycles. The highest BCUT2D eigenvalue weighted by Crippen LogP contribution is 2.34. The van der Waals surface area contributed by atoms with Crippen LogP contribution in [0.25, 0.3) is 0 Å². The van der Waals surface area contributed by atoms with Crippen LogP contribution in [0.3, 0.4) is 0 Å². The number of rotatable bonds is 6. The molecule has 1 aromatic rings. The summed E-state index contributed by atoms with van der Waals surface area (Å²) in [6, 6.07) is 3.88. The molecule has 1 amide bonds. The van der Waals surface area contributed by atoms with Gasteiger partial charge in [0.2, 0.25) is 0 Å². The first-order valence-corrected chi connectivity index (χ1v) is 6.68. The van der Waals surface area contributed by atoms with Crippen molar-refractivity contribution in [1.29, 1.82) is 0 Å². The molecule has 98 valence electrons. The average Bonchev–Trinajstić information content (AvgIpc) is 3.21. The van der Waals surface area contributed by atoms with E-state index in [1.807, 2.05) is 0 Å². The largest absolute Gasteiger partial charge is 0.372 e. The van der Waals surface area contributed by atoms with Crippen LogP contribution >= 0.6 is 0 Å². The maximum absolute atomic E-state index is 12.2. The monoisotopic (exact) mass is 247 g/mol. The lowest BCUT2D eigenvalue weighted by Crippen LogP contribution is -2.35. The van der Waals surface area contributed by atoms with Crippen LogP contribution in [0.5, 0.6) is 0 Å². The van der Waals surface area contributed by atoms with Crippen molar-refractivity contribution >= 4 is 11.7 Å². The zero-order valence-electron chi connectivity index (χ0n) is 11.1. The van der Waals surface area contributed by atoms with Crippen LogP contribution in [0, 0.1) is 5.92 Å². The molecule has 0 bridgehead atoms. The Hall–Kier alpha value is -1.58. The van der Waals surface area contributed by atoms with E-state index >= 15 is 0 Å². The molecule has 1 saturated carbocycles. The number of anilines is 1. The summed E-state index contributed by atoms with van der Waals surface area (Å²) in [5.41, 5.74) is 0.620. The molecule has 18 heavy (non-hydrogen) atoms. The zero-order valence-corrected chi connectivity index (χ0v) is 11.1. The fourth-order valence-electron chi connectivity index (χ4n) is 2.13. The Balaban J connectivity index is 2.00. The predicted molar refractivity (Wildman–Crippen MR) is 72.7 cm³/mol. The number of amides is 1. The van der Waals surface area contributed by atoms with Gasteiger partial charge in [-0.15, -0.1) is 0 Å². The number of hydrogen-bond acceptors (Lipinski definition) is 3. The number of hydrogen-bond donors (Lipinski definition) is 2. The number of carbonyl (C=O) groups excluding carboxylic acids is 1. The van der Waals surface area contributed by atoms with E-state index in [9.17, 15) is 4.79 Å². The lowest BCUT2D eigenvalue weighted by Gasteiger charge is -2.17. The van der Waals surface area contributed by atoms with E-state index in [1.54, 1.807) is 25.4 Å². The van der Waals surface area contributed by atoms with Gasteiger partial charge in [0, 0.05) is 19.3 Å². The van der Waals surface area contributed by atoms with Gasteiger partial charge in [-0.05, 0) is 30.9 Å². The molecule has 0 radical (unpaired) electrons. The third-order valence-corrected chi connectivity index (χ3v) is 3.43. The van der Waals surface area contributed by atoms with Gasteiger partial charge >= 0.3 is 0 Å². The molecule has 1 heterocycles. The van der Waals surface area contributed by atoms with Crippen LogP contribution in [-0.4, -0.2) is 24.0 Å². The quantitative estimate of drug-likeness (QED) is 0.811. The first-order valence-electron chi connectivity index (χ1n) is 6.68. The lowest BCUT2D eigenvalue weighted by molar-refractivity contribution is 0.0933. The van der Waals surface area contributed by atoms with Crippen molar-refractivity contribution in [2.45, 2.75) is 38.6 Å². The third-order valence-electron chi connectivity index (χ3n) is 3.43. The summed E-state index contributed by atoms with van der Waals surface area (Å²) in [5.74, 6) is 1.43. The molecule has 4 heteroatoms. The van der Waals surface area contributed by atoms with Crippen molar-refractivity contribution in [3.63, 3.8) is 0 Å². The molecule has 0 saturated heterocycles. The van der Waals surface area contributed by atoms with Gasteiger partial charge in [0.05, 0.1) is 5.56 Å². The Morgan fingerprint density at radius 1 is 1.56 bits per heavy atom. The molecular formula is C14H21N3O. The van der Waals surface area contributed by atoms with Gasteiger partial charge < -0.3 is 10.6 Å². The van der Waals surface area contributed by atoms with Gasteiger partial charge in [0.15, 0.2) is 0 Å². The van der Waals surface area contributed by atoms with Gasteiger partial charge in [0.25, 0.3) is 5.91 Å². The lowest BCUT2D eigenvalue weighted by atomic mass is 10.1. The van der Waals surface area contributed by atoms with Crippen LogP contribution in [0.4, 0.5) is 5.82 Å². The number of nitrogens with zero attached hydrogens (tertiary/aromatic N) is 1. The second kappa shape index (κ2) is 5.85. The third kappa shape index (κ3) is 3.22. The number of aromatic nitrogens is 1. The Morgan fingerprint density at radius 2 is 2.33 bits per heavy atom. The van der Waals surface area contributed by atoms with E-state index in [0.717, 1.165) is 18.8 Å². The van der Waals surface area contributed by atoms with Crippen LogP contribution in [0.2, 0.25) is 0 Å². The molecule has 2 rings (SSSR count). The molecule has 1 aromatic heterocycles. The van der Waals surface area contributed by atoms with Crippen molar-refractivity contribution in [3.8, 4) is 0 Å². The standard InChI is InChI=1S/C14H21N3O/c1-3-11(9-10-6-7-10)17-14(18)12-5-4-8-16-13(12)15-2/h4-5,8,10-11H,3,6-7,9H2,1-2H3,(H,15,16)(H,17,18). The summed E-state index contributed by atoms with van der Waals surface area (Å²) in [7, 11) is 1.78. The number of nitrogens with one attached hydrogen (secondary N) is 2. The molecule has 1 fully saturated rings. The van der Waals surface area contributed by atoms with Crippen LogP contribution in [0.1, 0.15) is 43.0 Å². The van der Waals surface area contributed by atoms with E-state index in [2.05, 4.69) is 22.5 Å². The highest BCUT2D eigenvalue weighted by atomic mass is 16.1.